The summed E-state index contributed by atoms with van der Waals surface area (Å²) in [6.07, 6.45) is 3.58. The summed E-state index contributed by atoms with van der Waals surface area (Å²) < 4.78 is 10.5. The van der Waals surface area contributed by atoms with E-state index in [2.05, 4.69) is 0 Å². The van der Waals surface area contributed by atoms with Gasteiger partial charge in [0, 0.05) is 27.1 Å². The van der Waals surface area contributed by atoms with E-state index in [9.17, 15) is 0 Å². The number of hydrogen-bond acceptors (Lipinski definition) is 4. The molecule has 4 nitrogen and oxygen atoms in total. The number of methoxy groups -OCH3 is 2. The van der Waals surface area contributed by atoms with Crippen molar-refractivity contribution in [1.82, 2.24) is 0 Å². The Morgan fingerprint density at radius 3 is 2.31 bits per heavy atom. The maximum atomic E-state index is 8.90. The molecule has 0 fully saturated rings. The maximum Gasteiger partial charge on any atom is 0.483 e. The van der Waals surface area contributed by atoms with E-state index in [-0.39, 0.29) is 0 Å². The Balaban J connectivity index is 2.63. The van der Waals surface area contributed by atoms with Crippen molar-refractivity contribution in [2.24, 2.45) is 0 Å². The van der Waals surface area contributed by atoms with Crippen LogP contribution >= 0.6 is 0 Å². The van der Waals surface area contributed by atoms with Crippen molar-refractivity contribution < 1.29 is 19.5 Å². The van der Waals surface area contributed by atoms with E-state index < -0.39 is 12.9 Å². The first-order valence-corrected chi connectivity index (χ1v) is 4.29. The molecule has 0 atom stereocenters. The molecule has 5 heteroatoms. The molecular weight excluding hydrogens is 171 g/mol. The summed E-state index contributed by atoms with van der Waals surface area (Å²) in [6, 6.07) is 0. The van der Waals surface area contributed by atoms with Gasteiger partial charge in [-0.05, 0) is 11.9 Å². The van der Waals surface area contributed by atoms with Crippen LogP contribution in [0.5, 0.6) is 0 Å². The lowest BCUT2D eigenvalue weighted by molar-refractivity contribution is -0.209. The summed E-state index contributed by atoms with van der Waals surface area (Å²) in [5.41, 5.74) is 0.643. The normalized spacial score (nSPS) is 21.1. The lowest BCUT2D eigenvalue weighted by Gasteiger charge is -2.33. The molecule has 13 heavy (non-hydrogen) atoms. The van der Waals surface area contributed by atoms with Gasteiger partial charge in [-0.1, -0.05) is 6.08 Å². The third-order valence-electron chi connectivity index (χ3n) is 2.55. The topological polar surface area (TPSA) is 58.9 Å². The summed E-state index contributed by atoms with van der Waals surface area (Å²) in [7, 11) is 1.85. The van der Waals surface area contributed by atoms with Gasteiger partial charge >= 0.3 is 7.12 Å². The van der Waals surface area contributed by atoms with Gasteiger partial charge in [-0.25, -0.2) is 0 Å². The quantitative estimate of drug-likeness (QED) is 0.484. The van der Waals surface area contributed by atoms with E-state index in [0.717, 1.165) is 0 Å². The van der Waals surface area contributed by atoms with Crippen molar-refractivity contribution in [3.63, 3.8) is 0 Å². The molecule has 1 aliphatic rings. The first kappa shape index (κ1) is 10.7. The summed E-state index contributed by atoms with van der Waals surface area (Å²) in [5, 5.41) is 17.8. The van der Waals surface area contributed by atoms with Crippen molar-refractivity contribution in [3.05, 3.63) is 11.5 Å². The Kier molecular flexibility index (Phi) is 3.50. The zero-order valence-electron chi connectivity index (χ0n) is 7.99. The fourth-order valence-corrected chi connectivity index (χ4v) is 1.51. The lowest BCUT2D eigenvalue weighted by Crippen LogP contribution is -2.36. The predicted octanol–water partition coefficient (Wildman–Crippen LogP) is 0.0978. The van der Waals surface area contributed by atoms with Gasteiger partial charge < -0.3 is 19.5 Å². The molecule has 0 amide bonds. The smallest absolute Gasteiger partial charge is 0.423 e. The SMILES string of the molecule is COC1(OC)CC=C(B(O)O)CC1. The molecule has 2 N–H and O–H groups in total. The third kappa shape index (κ3) is 2.31. The second-order valence-corrected chi connectivity index (χ2v) is 3.18. The molecule has 0 aromatic rings. The van der Waals surface area contributed by atoms with Gasteiger partial charge in [0.05, 0.1) is 0 Å². The van der Waals surface area contributed by atoms with Crippen LogP contribution in [0.3, 0.4) is 0 Å². The standard InChI is InChI=1S/C8H15BO4/c1-12-8(13-2)5-3-7(4-6-8)9(10)11/h3,10-11H,4-6H2,1-2H3. The molecule has 0 aromatic carbocycles. The van der Waals surface area contributed by atoms with Gasteiger partial charge in [-0.3, -0.25) is 0 Å². The van der Waals surface area contributed by atoms with Gasteiger partial charge in [-0.2, -0.15) is 0 Å². The second kappa shape index (κ2) is 4.24. The Morgan fingerprint density at radius 1 is 1.38 bits per heavy atom. The minimum absolute atomic E-state index is 0.562. The molecule has 0 bridgehead atoms. The molecule has 0 unspecified atom stereocenters. The molecule has 1 aliphatic carbocycles. The van der Waals surface area contributed by atoms with Crippen LogP contribution in [0, 0.1) is 0 Å². The van der Waals surface area contributed by atoms with Crippen molar-refractivity contribution in [1.29, 1.82) is 0 Å². The van der Waals surface area contributed by atoms with Crippen LogP contribution in [0.25, 0.3) is 0 Å². The van der Waals surface area contributed by atoms with Gasteiger partial charge in [0.25, 0.3) is 0 Å². The fourth-order valence-electron chi connectivity index (χ4n) is 1.51. The highest BCUT2D eigenvalue weighted by molar-refractivity contribution is 6.50. The molecule has 0 heterocycles. The van der Waals surface area contributed by atoms with Crippen LogP contribution in [0.1, 0.15) is 19.3 Å². The van der Waals surface area contributed by atoms with Gasteiger partial charge in [0.1, 0.15) is 0 Å². The summed E-state index contributed by atoms with van der Waals surface area (Å²) in [4.78, 5) is 0. The number of ether oxygens (including phenoxy) is 2. The minimum Gasteiger partial charge on any atom is -0.423 e. The zero-order chi connectivity index (χ0) is 9.90. The van der Waals surface area contributed by atoms with Crippen molar-refractivity contribution in [2.75, 3.05) is 14.2 Å². The molecule has 0 saturated heterocycles. The van der Waals surface area contributed by atoms with Gasteiger partial charge in [-0.15, -0.1) is 0 Å². The highest BCUT2D eigenvalue weighted by atomic mass is 16.7. The maximum absolute atomic E-state index is 8.90. The van der Waals surface area contributed by atoms with E-state index >= 15 is 0 Å². The molecule has 0 radical (unpaired) electrons. The summed E-state index contributed by atoms with van der Waals surface area (Å²) >= 11 is 0. The predicted molar refractivity (Wildman–Crippen MR) is 48.9 cm³/mol. The molecule has 1 rings (SSSR count). The highest BCUT2D eigenvalue weighted by Crippen LogP contribution is 2.31. The van der Waals surface area contributed by atoms with Crippen LogP contribution in [0.2, 0.25) is 0 Å². The van der Waals surface area contributed by atoms with Crippen LogP contribution < -0.4 is 0 Å². The zero-order valence-corrected chi connectivity index (χ0v) is 7.99. The molecular formula is C8H15BO4. The molecule has 0 aromatic heterocycles. The molecule has 0 spiro atoms. The molecule has 0 aliphatic heterocycles. The Morgan fingerprint density at radius 2 is 2.00 bits per heavy atom. The van der Waals surface area contributed by atoms with Crippen LogP contribution in [-0.4, -0.2) is 37.2 Å². The lowest BCUT2D eigenvalue weighted by atomic mass is 9.72. The monoisotopic (exact) mass is 186 g/mol. The summed E-state index contributed by atoms with van der Waals surface area (Å²) in [5.74, 6) is -0.571. The van der Waals surface area contributed by atoms with Crippen molar-refractivity contribution >= 4 is 7.12 Å². The average Bonchev–Trinajstić information content (AvgIpc) is 2.18. The first-order valence-electron chi connectivity index (χ1n) is 4.29. The van der Waals surface area contributed by atoms with E-state index in [1.807, 2.05) is 0 Å². The molecule has 0 saturated carbocycles. The Bertz CT molecular complexity index is 198. The van der Waals surface area contributed by atoms with Crippen LogP contribution in [0.15, 0.2) is 11.5 Å². The fraction of sp³-hybridized carbons (Fsp3) is 0.750. The van der Waals surface area contributed by atoms with Crippen molar-refractivity contribution in [2.45, 2.75) is 25.0 Å². The average molecular weight is 186 g/mol. The summed E-state index contributed by atoms with van der Waals surface area (Å²) in [6.45, 7) is 0. The second-order valence-electron chi connectivity index (χ2n) is 3.18. The molecule has 74 valence electrons. The van der Waals surface area contributed by atoms with Gasteiger partial charge in [0.15, 0.2) is 5.79 Å². The van der Waals surface area contributed by atoms with E-state index in [1.54, 1.807) is 20.3 Å². The van der Waals surface area contributed by atoms with Crippen molar-refractivity contribution in [3.8, 4) is 0 Å². The largest absolute Gasteiger partial charge is 0.483 e. The van der Waals surface area contributed by atoms with Crippen LogP contribution in [-0.2, 0) is 9.47 Å². The van der Waals surface area contributed by atoms with E-state index in [0.29, 0.717) is 24.7 Å². The number of rotatable bonds is 3. The van der Waals surface area contributed by atoms with E-state index in [4.69, 9.17) is 19.5 Å². The number of allylic oxidation sites excluding steroid dienone is 1. The highest BCUT2D eigenvalue weighted by Gasteiger charge is 2.33. The first-order chi connectivity index (χ1) is 6.13. The van der Waals surface area contributed by atoms with Gasteiger partial charge in [0.2, 0.25) is 0 Å². The minimum atomic E-state index is -1.34. The van der Waals surface area contributed by atoms with E-state index in [1.165, 1.54) is 0 Å². The van der Waals surface area contributed by atoms with Crippen LogP contribution in [0.4, 0.5) is 0 Å². The Labute approximate surface area is 78.3 Å². The third-order valence-corrected chi connectivity index (χ3v) is 2.55. The Hall–Kier alpha value is -0.355. The number of hydrogen-bond donors (Lipinski definition) is 2.